The first-order valence-electron chi connectivity index (χ1n) is 4.90. The molecule has 3 nitrogen and oxygen atoms in total. The number of carbonyl (C=O) groups excluding carboxylic acids is 1. The van der Waals surface area contributed by atoms with Crippen molar-refractivity contribution in [2.45, 2.75) is 0 Å². The maximum atomic E-state index is 11.4. The molecule has 0 spiro atoms. The molecule has 2 N–H and O–H groups in total. The third kappa shape index (κ3) is 1.24. The average Bonchev–Trinajstić information content (AvgIpc) is 2.41. The van der Waals surface area contributed by atoms with Gasteiger partial charge in [0.1, 0.15) is 0 Å². The van der Waals surface area contributed by atoms with Gasteiger partial charge in [-0.05, 0) is 17.5 Å². The number of nitrogens with one attached hydrogen (secondary N) is 2. The number of amides is 1. The molecule has 1 amide bonds. The molecule has 0 aromatic heterocycles. The predicted octanol–water partition coefficient (Wildman–Crippen LogP) is 2.20. The molecule has 0 aliphatic carbocycles. The largest absolute Gasteiger partial charge is 0.376 e. The molecule has 15 heavy (non-hydrogen) atoms. The van der Waals surface area contributed by atoms with E-state index in [4.69, 9.17) is 0 Å². The summed E-state index contributed by atoms with van der Waals surface area (Å²) in [4.78, 5) is 11.4. The van der Waals surface area contributed by atoms with E-state index in [1.165, 1.54) is 0 Å². The Bertz CT molecular complexity index is 543. The topological polar surface area (TPSA) is 41.1 Å². The van der Waals surface area contributed by atoms with E-state index in [9.17, 15) is 4.79 Å². The van der Waals surface area contributed by atoms with Gasteiger partial charge >= 0.3 is 0 Å². The average molecular weight is 198 g/mol. The van der Waals surface area contributed by atoms with Crippen LogP contribution in [0.25, 0.3) is 10.8 Å². The quantitative estimate of drug-likeness (QED) is 0.681. The van der Waals surface area contributed by atoms with Crippen LogP contribution in [0.15, 0.2) is 36.4 Å². The van der Waals surface area contributed by atoms with Crippen molar-refractivity contribution in [1.82, 2.24) is 0 Å². The standard InChI is InChI=1S/C12H10N2O/c15-11-7-13-9-5-1-3-8-4-2-6-10(14-11)12(8)9/h1-6,13H,7H2,(H,14,15). The van der Waals surface area contributed by atoms with Crippen LogP contribution in [0.3, 0.4) is 0 Å². The van der Waals surface area contributed by atoms with Gasteiger partial charge in [0, 0.05) is 11.1 Å². The predicted molar refractivity (Wildman–Crippen MR) is 61.1 cm³/mol. The van der Waals surface area contributed by atoms with Gasteiger partial charge in [0.25, 0.3) is 0 Å². The molecular formula is C12H10N2O. The van der Waals surface area contributed by atoms with E-state index in [2.05, 4.69) is 10.6 Å². The minimum atomic E-state index is -0.00120. The summed E-state index contributed by atoms with van der Waals surface area (Å²) in [7, 11) is 0. The fourth-order valence-corrected chi connectivity index (χ4v) is 1.96. The highest BCUT2D eigenvalue weighted by molar-refractivity contribution is 6.11. The number of rotatable bonds is 0. The lowest BCUT2D eigenvalue weighted by atomic mass is 10.1. The van der Waals surface area contributed by atoms with Crippen LogP contribution in [0.1, 0.15) is 0 Å². The van der Waals surface area contributed by atoms with Gasteiger partial charge in [0.2, 0.25) is 5.91 Å². The first-order chi connectivity index (χ1) is 7.34. The first-order valence-corrected chi connectivity index (χ1v) is 4.90. The van der Waals surface area contributed by atoms with Crippen LogP contribution in [0.2, 0.25) is 0 Å². The molecule has 0 atom stereocenters. The summed E-state index contributed by atoms with van der Waals surface area (Å²) < 4.78 is 0. The van der Waals surface area contributed by atoms with Crippen molar-refractivity contribution in [2.75, 3.05) is 17.2 Å². The lowest BCUT2D eigenvalue weighted by Crippen LogP contribution is -2.19. The summed E-state index contributed by atoms with van der Waals surface area (Å²) in [6.45, 7) is 0.327. The van der Waals surface area contributed by atoms with Gasteiger partial charge in [-0.15, -0.1) is 0 Å². The van der Waals surface area contributed by atoms with Gasteiger partial charge in [-0.2, -0.15) is 0 Å². The summed E-state index contributed by atoms with van der Waals surface area (Å²) in [5.41, 5.74) is 1.90. The molecule has 0 fully saturated rings. The highest BCUT2D eigenvalue weighted by atomic mass is 16.1. The Labute approximate surface area is 87.1 Å². The van der Waals surface area contributed by atoms with Gasteiger partial charge in [-0.25, -0.2) is 0 Å². The zero-order valence-electron chi connectivity index (χ0n) is 8.08. The van der Waals surface area contributed by atoms with Gasteiger partial charge in [0.15, 0.2) is 0 Å². The molecule has 1 aliphatic rings. The Hall–Kier alpha value is -2.03. The minimum Gasteiger partial charge on any atom is -0.376 e. The van der Waals surface area contributed by atoms with Crippen LogP contribution in [0.5, 0.6) is 0 Å². The molecule has 0 bridgehead atoms. The van der Waals surface area contributed by atoms with Crippen LogP contribution in [-0.2, 0) is 4.79 Å². The van der Waals surface area contributed by atoms with Gasteiger partial charge in [0.05, 0.1) is 12.2 Å². The Morgan fingerprint density at radius 2 is 1.73 bits per heavy atom. The first kappa shape index (κ1) is 8.29. The Balaban J connectivity index is 2.38. The molecule has 2 aromatic rings. The van der Waals surface area contributed by atoms with Crippen LogP contribution in [0, 0.1) is 0 Å². The van der Waals surface area contributed by atoms with Gasteiger partial charge in [-0.3, -0.25) is 4.79 Å². The molecule has 0 saturated heterocycles. The number of anilines is 2. The lowest BCUT2D eigenvalue weighted by Gasteiger charge is -2.06. The number of carbonyl (C=O) groups is 1. The van der Waals surface area contributed by atoms with E-state index >= 15 is 0 Å². The highest BCUT2D eigenvalue weighted by Crippen LogP contribution is 2.31. The van der Waals surface area contributed by atoms with E-state index in [0.717, 1.165) is 22.1 Å². The second-order valence-electron chi connectivity index (χ2n) is 3.61. The normalized spacial score (nSPS) is 14.3. The van der Waals surface area contributed by atoms with Crippen molar-refractivity contribution in [1.29, 1.82) is 0 Å². The molecule has 1 aliphatic heterocycles. The summed E-state index contributed by atoms with van der Waals surface area (Å²) in [6, 6.07) is 11.9. The maximum absolute atomic E-state index is 11.4. The molecule has 0 radical (unpaired) electrons. The van der Waals surface area contributed by atoms with Crippen molar-refractivity contribution in [2.24, 2.45) is 0 Å². The number of hydrogen-bond donors (Lipinski definition) is 2. The van der Waals surface area contributed by atoms with Crippen LogP contribution in [0.4, 0.5) is 11.4 Å². The van der Waals surface area contributed by atoms with E-state index in [-0.39, 0.29) is 5.91 Å². The molecule has 3 rings (SSSR count). The van der Waals surface area contributed by atoms with Crippen LogP contribution in [-0.4, -0.2) is 12.5 Å². The summed E-state index contributed by atoms with van der Waals surface area (Å²) in [5.74, 6) is -0.00120. The third-order valence-corrected chi connectivity index (χ3v) is 2.62. The third-order valence-electron chi connectivity index (χ3n) is 2.62. The molecule has 0 saturated carbocycles. The Kier molecular flexibility index (Phi) is 1.65. The summed E-state index contributed by atoms with van der Waals surface area (Å²) >= 11 is 0. The number of hydrogen-bond acceptors (Lipinski definition) is 2. The fraction of sp³-hybridized carbons (Fsp3) is 0.0833. The number of benzene rings is 2. The monoisotopic (exact) mass is 198 g/mol. The Morgan fingerprint density at radius 1 is 1.00 bits per heavy atom. The van der Waals surface area contributed by atoms with Crippen molar-refractivity contribution in [3.8, 4) is 0 Å². The van der Waals surface area contributed by atoms with Gasteiger partial charge in [-0.1, -0.05) is 24.3 Å². The van der Waals surface area contributed by atoms with Gasteiger partial charge < -0.3 is 10.6 Å². The van der Waals surface area contributed by atoms with Crippen molar-refractivity contribution in [3.63, 3.8) is 0 Å². The molecule has 0 unspecified atom stereocenters. The van der Waals surface area contributed by atoms with Crippen LogP contribution < -0.4 is 10.6 Å². The van der Waals surface area contributed by atoms with E-state index in [1.54, 1.807) is 0 Å². The smallest absolute Gasteiger partial charge is 0.243 e. The molecule has 74 valence electrons. The second-order valence-corrected chi connectivity index (χ2v) is 3.61. The van der Waals surface area contributed by atoms with Crippen molar-refractivity contribution >= 4 is 28.1 Å². The second kappa shape index (κ2) is 2.98. The van der Waals surface area contributed by atoms with E-state index in [0.29, 0.717) is 6.54 Å². The summed E-state index contributed by atoms with van der Waals surface area (Å²) in [6.07, 6.45) is 0. The summed E-state index contributed by atoms with van der Waals surface area (Å²) in [5, 5.41) is 8.24. The van der Waals surface area contributed by atoms with Crippen molar-refractivity contribution in [3.05, 3.63) is 36.4 Å². The molecule has 2 aromatic carbocycles. The molecule has 1 heterocycles. The lowest BCUT2D eigenvalue weighted by molar-refractivity contribution is -0.114. The van der Waals surface area contributed by atoms with E-state index < -0.39 is 0 Å². The zero-order chi connectivity index (χ0) is 10.3. The minimum absolute atomic E-state index is 0.00120. The SMILES string of the molecule is O=C1CNc2cccc3cccc(c23)N1. The Morgan fingerprint density at radius 3 is 2.53 bits per heavy atom. The molecular weight excluding hydrogens is 188 g/mol. The highest BCUT2D eigenvalue weighted by Gasteiger charge is 2.13. The zero-order valence-corrected chi connectivity index (χ0v) is 8.08. The van der Waals surface area contributed by atoms with Crippen LogP contribution >= 0.6 is 0 Å². The van der Waals surface area contributed by atoms with Crippen molar-refractivity contribution < 1.29 is 4.79 Å². The maximum Gasteiger partial charge on any atom is 0.243 e. The fourth-order valence-electron chi connectivity index (χ4n) is 1.96. The van der Waals surface area contributed by atoms with E-state index in [1.807, 2.05) is 36.4 Å². The molecule has 3 heteroatoms.